The highest BCUT2D eigenvalue weighted by Gasteiger charge is 2.19. The average molecular weight is 503 g/mol. The van der Waals surface area contributed by atoms with Gasteiger partial charge < -0.3 is 26.4 Å². The molecular weight excluding hydrogens is 468 g/mol. The van der Waals surface area contributed by atoms with Crippen LogP contribution in [0.1, 0.15) is 52.2 Å². The van der Waals surface area contributed by atoms with Crippen molar-refractivity contribution in [1.29, 1.82) is 0 Å². The lowest BCUT2D eigenvalue weighted by Gasteiger charge is -2.29. The number of anilines is 1. The van der Waals surface area contributed by atoms with E-state index in [1.54, 1.807) is 11.3 Å². The molecule has 5 rings (SSSR count). The molecule has 0 bridgehead atoms. The highest BCUT2D eigenvalue weighted by Crippen LogP contribution is 2.30. The van der Waals surface area contributed by atoms with Gasteiger partial charge in [-0.25, -0.2) is 0 Å². The van der Waals surface area contributed by atoms with Gasteiger partial charge in [-0.2, -0.15) is 0 Å². The van der Waals surface area contributed by atoms with Gasteiger partial charge in [-0.1, -0.05) is 30.3 Å². The Morgan fingerprint density at radius 3 is 2.78 bits per heavy atom. The van der Waals surface area contributed by atoms with Crippen molar-refractivity contribution >= 4 is 22.9 Å². The molecule has 1 fully saturated rings. The van der Waals surface area contributed by atoms with Crippen LogP contribution in [0.4, 0.5) is 5.69 Å². The standard InChI is InChI=1S/C29H34N4O2S/c1-18-6-7-23(33-24-15-30-16-24)14-27(18)29(35)32-19(2)20-4-3-5-21(12-20)28-11-10-26(36-28)17-31-22-8-9-25(34)13-22/h3-8,10-12,14,19,24-25,30-31,33-34H,9,13,15-17H2,1-2H3,(H,32,35)/t19-,25-/m1/s1. The molecule has 1 aliphatic carbocycles. The fourth-order valence-corrected chi connectivity index (χ4v) is 5.52. The lowest BCUT2D eigenvalue weighted by Crippen LogP contribution is -2.51. The smallest absolute Gasteiger partial charge is 0.252 e. The number of hydrogen-bond acceptors (Lipinski definition) is 6. The van der Waals surface area contributed by atoms with Crippen LogP contribution < -0.4 is 21.3 Å². The molecule has 1 aromatic heterocycles. The summed E-state index contributed by atoms with van der Waals surface area (Å²) >= 11 is 1.77. The molecule has 1 aliphatic heterocycles. The molecule has 7 heteroatoms. The molecular formula is C29H34N4O2S. The molecule has 0 saturated carbocycles. The molecule has 2 atom stereocenters. The van der Waals surface area contributed by atoms with Gasteiger partial charge in [0.15, 0.2) is 0 Å². The van der Waals surface area contributed by atoms with E-state index in [4.69, 9.17) is 0 Å². The zero-order valence-corrected chi connectivity index (χ0v) is 21.6. The van der Waals surface area contributed by atoms with E-state index >= 15 is 0 Å². The molecule has 1 amide bonds. The second-order valence-electron chi connectivity index (χ2n) is 9.79. The zero-order chi connectivity index (χ0) is 25.1. The quantitative estimate of drug-likeness (QED) is 0.292. The van der Waals surface area contributed by atoms with Gasteiger partial charge in [0, 0.05) is 52.8 Å². The molecule has 1 saturated heterocycles. The predicted molar refractivity (Wildman–Crippen MR) is 147 cm³/mol. The minimum Gasteiger partial charge on any atom is -0.392 e. The van der Waals surface area contributed by atoms with Crippen LogP contribution in [-0.2, 0) is 6.54 Å². The number of aryl methyl sites for hydroxylation is 1. The summed E-state index contributed by atoms with van der Waals surface area (Å²) in [6.07, 6.45) is 3.28. The number of carbonyl (C=O) groups is 1. The number of hydrogen-bond donors (Lipinski definition) is 5. The first-order valence-electron chi connectivity index (χ1n) is 12.6. The van der Waals surface area contributed by atoms with Crippen molar-refractivity contribution in [2.45, 2.75) is 51.4 Å². The van der Waals surface area contributed by atoms with E-state index in [0.29, 0.717) is 18.0 Å². The molecule has 2 aliphatic rings. The SMILES string of the molecule is Cc1ccc(NC2CNC2)cc1C(=O)N[C@H](C)c1cccc(-c2ccc(CNC3=CC[C@@H](O)C3)s2)c1. The third-order valence-corrected chi connectivity index (χ3v) is 8.03. The molecule has 5 N–H and O–H groups in total. The largest absolute Gasteiger partial charge is 0.392 e. The first-order chi connectivity index (χ1) is 17.4. The lowest BCUT2D eigenvalue weighted by atomic mass is 10.0. The Labute approximate surface area is 216 Å². The zero-order valence-electron chi connectivity index (χ0n) is 20.8. The summed E-state index contributed by atoms with van der Waals surface area (Å²) in [6, 6.07) is 19.0. The molecule has 2 aromatic carbocycles. The number of nitrogens with one attached hydrogen (secondary N) is 4. The van der Waals surface area contributed by atoms with E-state index in [-0.39, 0.29) is 18.1 Å². The fourth-order valence-electron chi connectivity index (χ4n) is 4.57. The maximum absolute atomic E-state index is 13.2. The van der Waals surface area contributed by atoms with Gasteiger partial charge in [0.2, 0.25) is 0 Å². The van der Waals surface area contributed by atoms with Gasteiger partial charge in [-0.05, 0) is 67.3 Å². The van der Waals surface area contributed by atoms with E-state index in [2.05, 4.69) is 63.7 Å². The van der Waals surface area contributed by atoms with Gasteiger partial charge in [-0.3, -0.25) is 4.79 Å². The summed E-state index contributed by atoms with van der Waals surface area (Å²) in [5.41, 5.74) is 6.00. The Kier molecular flexibility index (Phi) is 7.41. The topological polar surface area (TPSA) is 85.4 Å². The van der Waals surface area contributed by atoms with Crippen molar-refractivity contribution in [2.24, 2.45) is 0 Å². The van der Waals surface area contributed by atoms with E-state index in [1.807, 2.05) is 32.0 Å². The highest BCUT2D eigenvalue weighted by atomic mass is 32.1. The van der Waals surface area contributed by atoms with Crippen LogP contribution in [0, 0.1) is 6.92 Å². The number of benzene rings is 2. The number of carbonyl (C=O) groups excluding carboxylic acids is 1. The monoisotopic (exact) mass is 502 g/mol. The molecule has 2 heterocycles. The van der Waals surface area contributed by atoms with Crippen molar-refractivity contribution in [3.05, 3.63) is 87.9 Å². The van der Waals surface area contributed by atoms with Crippen LogP contribution in [0.3, 0.4) is 0 Å². The molecule has 0 spiro atoms. The number of aliphatic hydroxyl groups excluding tert-OH is 1. The van der Waals surface area contributed by atoms with Crippen molar-refractivity contribution in [3.8, 4) is 10.4 Å². The fraction of sp³-hybridized carbons (Fsp3) is 0.345. The van der Waals surface area contributed by atoms with E-state index < -0.39 is 0 Å². The summed E-state index contributed by atoms with van der Waals surface area (Å²) < 4.78 is 0. The van der Waals surface area contributed by atoms with Crippen molar-refractivity contribution in [2.75, 3.05) is 18.4 Å². The molecule has 36 heavy (non-hydrogen) atoms. The van der Waals surface area contributed by atoms with E-state index in [0.717, 1.165) is 54.1 Å². The maximum atomic E-state index is 13.2. The lowest BCUT2D eigenvalue weighted by molar-refractivity contribution is 0.0939. The Morgan fingerprint density at radius 2 is 2.03 bits per heavy atom. The van der Waals surface area contributed by atoms with Gasteiger partial charge in [0.05, 0.1) is 18.2 Å². The van der Waals surface area contributed by atoms with Crippen molar-refractivity contribution < 1.29 is 9.90 Å². The Bertz CT molecular complexity index is 1260. The maximum Gasteiger partial charge on any atom is 0.252 e. The Morgan fingerprint density at radius 1 is 1.17 bits per heavy atom. The second-order valence-corrected chi connectivity index (χ2v) is 11.0. The third-order valence-electron chi connectivity index (χ3n) is 6.90. The highest BCUT2D eigenvalue weighted by molar-refractivity contribution is 7.15. The molecule has 188 valence electrons. The van der Waals surface area contributed by atoms with Crippen LogP contribution in [0.2, 0.25) is 0 Å². The second kappa shape index (κ2) is 10.9. The number of rotatable bonds is 9. The number of amides is 1. The Balaban J connectivity index is 1.23. The summed E-state index contributed by atoms with van der Waals surface area (Å²) in [4.78, 5) is 15.6. The first kappa shape index (κ1) is 24.6. The molecule has 6 nitrogen and oxygen atoms in total. The van der Waals surface area contributed by atoms with Crippen LogP contribution in [0.25, 0.3) is 10.4 Å². The summed E-state index contributed by atoms with van der Waals surface area (Å²) in [5, 5.41) is 23.1. The third kappa shape index (κ3) is 5.81. The number of thiophene rings is 1. The summed E-state index contributed by atoms with van der Waals surface area (Å²) in [6.45, 7) is 6.67. The van der Waals surface area contributed by atoms with Crippen LogP contribution in [0.15, 0.2) is 66.4 Å². The molecule has 3 aromatic rings. The summed E-state index contributed by atoms with van der Waals surface area (Å²) in [7, 11) is 0. The van der Waals surface area contributed by atoms with Crippen LogP contribution in [0.5, 0.6) is 0 Å². The average Bonchev–Trinajstić information content (AvgIpc) is 3.50. The van der Waals surface area contributed by atoms with Gasteiger partial charge in [0.25, 0.3) is 5.91 Å². The van der Waals surface area contributed by atoms with E-state index in [9.17, 15) is 9.90 Å². The molecule has 0 radical (unpaired) electrons. The molecule has 0 unspecified atom stereocenters. The summed E-state index contributed by atoms with van der Waals surface area (Å²) in [5.74, 6) is -0.0587. The van der Waals surface area contributed by atoms with Crippen LogP contribution in [-0.4, -0.2) is 36.2 Å². The predicted octanol–water partition coefficient (Wildman–Crippen LogP) is 4.73. The number of aliphatic hydroxyl groups is 1. The van der Waals surface area contributed by atoms with E-state index in [1.165, 1.54) is 9.75 Å². The van der Waals surface area contributed by atoms with Crippen molar-refractivity contribution in [1.82, 2.24) is 16.0 Å². The van der Waals surface area contributed by atoms with Crippen LogP contribution >= 0.6 is 11.3 Å². The minimum atomic E-state index is -0.244. The van der Waals surface area contributed by atoms with Gasteiger partial charge in [-0.15, -0.1) is 11.3 Å². The minimum absolute atomic E-state index is 0.0587. The van der Waals surface area contributed by atoms with Crippen molar-refractivity contribution in [3.63, 3.8) is 0 Å². The van der Waals surface area contributed by atoms with Gasteiger partial charge in [0.1, 0.15) is 0 Å². The normalized spacial score (nSPS) is 18.3. The Hall–Kier alpha value is -3.13. The first-order valence-corrected chi connectivity index (χ1v) is 13.4. The van der Waals surface area contributed by atoms with Gasteiger partial charge >= 0.3 is 0 Å².